The molecule has 2 aromatic carbocycles. The highest BCUT2D eigenvalue weighted by Gasteiger charge is 2.35. The maximum absolute atomic E-state index is 13.7. The highest BCUT2D eigenvalue weighted by Crippen LogP contribution is 2.48. The van der Waals surface area contributed by atoms with Crippen LogP contribution in [0.1, 0.15) is 77.0 Å². The Labute approximate surface area is 270 Å². The number of hydrogen-bond acceptors (Lipinski definition) is 6. The number of carbonyl (C=O) groups is 2. The smallest absolute Gasteiger partial charge is 0.269 e. The van der Waals surface area contributed by atoms with E-state index < -0.39 is 15.9 Å². The topological polar surface area (TPSA) is 123 Å². The number of carbonyl (C=O) groups excluding carboxylic acids is 2. The van der Waals surface area contributed by atoms with Gasteiger partial charge in [-0.05, 0) is 83.1 Å². The zero-order valence-corrected chi connectivity index (χ0v) is 27.4. The molecule has 3 aliphatic rings. The molecule has 1 saturated carbocycles. The average molecular weight is 690 g/mol. The van der Waals surface area contributed by atoms with E-state index in [1.807, 2.05) is 17.6 Å². The second kappa shape index (κ2) is 12.6. The van der Waals surface area contributed by atoms with Crippen molar-refractivity contribution in [2.75, 3.05) is 6.54 Å². The molecule has 2 heterocycles. The number of amides is 2. The van der Waals surface area contributed by atoms with E-state index >= 15 is 0 Å². The number of benzene rings is 2. The van der Waals surface area contributed by atoms with Gasteiger partial charge in [-0.25, -0.2) is 18.1 Å². The molecule has 0 radical (unpaired) electrons. The summed E-state index contributed by atoms with van der Waals surface area (Å²) in [7, 11) is -4.12. The number of sulfonamides is 1. The van der Waals surface area contributed by atoms with E-state index in [9.17, 15) is 18.0 Å². The molecule has 232 valence electrons. The zero-order chi connectivity index (χ0) is 31.7. The fourth-order valence-electron chi connectivity index (χ4n) is 5.77. The van der Waals surface area contributed by atoms with Crippen molar-refractivity contribution in [3.8, 4) is 22.3 Å². The Morgan fingerprint density at radius 2 is 1.71 bits per heavy atom. The summed E-state index contributed by atoms with van der Waals surface area (Å²) >= 11 is 3.78. The van der Waals surface area contributed by atoms with E-state index in [4.69, 9.17) is 9.40 Å². The van der Waals surface area contributed by atoms with E-state index in [1.54, 1.807) is 55.0 Å². The van der Waals surface area contributed by atoms with E-state index in [-0.39, 0.29) is 22.3 Å². The van der Waals surface area contributed by atoms with Crippen molar-refractivity contribution in [3.63, 3.8) is 0 Å². The van der Waals surface area contributed by atoms with Gasteiger partial charge < -0.3 is 14.3 Å². The summed E-state index contributed by atoms with van der Waals surface area (Å²) < 4.78 is 36.7. The van der Waals surface area contributed by atoms with Gasteiger partial charge in [0.15, 0.2) is 0 Å². The van der Waals surface area contributed by atoms with Gasteiger partial charge in [-0.1, -0.05) is 43.3 Å². The molecule has 45 heavy (non-hydrogen) atoms. The van der Waals surface area contributed by atoms with Crippen molar-refractivity contribution >= 4 is 37.8 Å². The number of hydrogen-bond donors (Lipinski definition) is 2. The number of nitrogens with zero attached hydrogens (tertiary/aromatic N) is 2. The summed E-state index contributed by atoms with van der Waals surface area (Å²) in [5.74, 6) is 0.178. The monoisotopic (exact) mass is 688 g/mol. The van der Waals surface area contributed by atoms with E-state index in [1.165, 1.54) is 12.1 Å². The fourth-order valence-corrected chi connectivity index (χ4v) is 7.52. The molecule has 1 aromatic heterocycles. The zero-order valence-electron chi connectivity index (χ0n) is 25.0. The van der Waals surface area contributed by atoms with Crippen LogP contribution in [0.4, 0.5) is 0 Å². The van der Waals surface area contributed by atoms with Crippen molar-refractivity contribution in [1.82, 2.24) is 19.6 Å². The summed E-state index contributed by atoms with van der Waals surface area (Å²) in [6.07, 6.45) is 6.78. The van der Waals surface area contributed by atoms with E-state index in [2.05, 4.69) is 32.9 Å². The van der Waals surface area contributed by atoms with Gasteiger partial charge in [0.25, 0.3) is 21.8 Å². The van der Waals surface area contributed by atoms with E-state index in [0.29, 0.717) is 40.8 Å². The molecule has 0 saturated heterocycles. The van der Waals surface area contributed by atoms with Crippen molar-refractivity contribution in [1.29, 1.82) is 0 Å². The minimum atomic E-state index is -4.12. The third-order valence-electron chi connectivity index (χ3n) is 7.97. The minimum Gasteiger partial charge on any atom is -0.472 e. The molecular weight excluding hydrogens is 656 g/mol. The highest BCUT2D eigenvalue weighted by molar-refractivity contribution is 9.10. The molecule has 6 rings (SSSR count). The predicted octanol–water partition coefficient (Wildman–Crippen LogP) is 6.76. The Bertz CT molecular complexity index is 1960. The number of aryl methyl sites for hydroxylation is 1. The maximum atomic E-state index is 13.7. The number of imidazole rings is 1. The highest BCUT2D eigenvalue weighted by atomic mass is 79.9. The normalized spacial score (nSPS) is 13.2. The van der Waals surface area contributed by atoms with Gasteiger partial charge in [0.2, 0.25) is 0 Å². The Morgan fingerprint density at radius 3 is 2.42 bits per heavy atom. The predicted molar refractivity (Wildman–Crippen MR) is 175 cm³/mol. The molecule has 0 unspecified atom stereocenters. The van der Waals surface area contributed by atoms with Crippen LogP contribution >= 0.6 is 15.9 Å². The summed E-state index contributed by atoms with van der Waals surface area (Å²) in [6, 6.07) is 16.6. The molecule has 1 fully saturated rings. The Morgan fingerprint density at radius 1 is 0.978 bits per heavy atom. The summed E-state index contributed by atoms with van der Waals surface area (Å²) in [5.41, 5.74) is 5.35. The first kappa shape index (κ1) is 30.8. The van der Waals surface area contributed by atoms with Crippen molar-refractivity contribution in [3.05, 3.63) is 106 Å². The van der Waals surface area contributed by atoms with Crippen LogP contribution in [0.15, 0.2) is 87.0 Å². The summed E-state index contributed by atoms with van der Waals surface area (Å²) in [5, 5.41) is 2.98. The third-order valence-corrected chi connectivity index (χ3v) is 10.1. The van der Waals surface area contributed by atoms with Gasteiger partial charge in [-0.15, -0.1) is 0 Å². The van der Waals surface area contributed by atoms with Crippen LogP contribution in [0.3, 0.4) is 0 Å². The Hall–Kier alpha value is -4.22. The lowest BCUT2D eigenvalue weighted by atomic mass is 9.97. The quantitative estimate of drug-likeness (QED) is 0.158. The van der Waals surface area contributed by atoms with E-state index in [0.717, 1.165) is 47.5 Å². The lowest BCUT2D eigenvalue weighted by Crippen LogP contribution is -2.31. The second-order valence-electron chi connectivity index (χ2n) is 11.1. The molecule has 9 nitrogen and oxygen atoms in total. The average Bonchev–Trinajstić information content (AvgIpc) is 3.78. The molecule has 2 amide bonds. The van der Waals surface area contributed by atoms with Crippen LogP contribution in [0.2, 0.25) is 0 Å². The maximum Gasteiger partial charge on any atom is 0.269 e. The first-order valence-electron chi connectivity index (χ1n) is 15.0. The molecule has 0 spiro atoms. The number of rotatable bonds is 11. The number of aromatic nitrogens is 2. The molecule has 11 heteroatoms. The molecule has 0 atom stereocenters. The Balaban J connectivity index is 1.51. The van der Waals surface area contributed by atoms with Gasteiger partial charge in [0, 0.05) is 40.0 Å². The van der Waals surface area contributed by atoms with Gasteiger partial charge in [0.1, 0.15) is 11.5 Å². The van der Waals surface area contributed by atoms with Crippen molar-refractivity contribution in [2.24, 2.45) is 0 Å². The van der Waals surface area contributed by atoms with Gasteiger partial charge in [-0.3, -0.25) is 9.59 Å². The van der Waals surface area contributed by atoms with Crippen LogP contribution in [-0.4, -0.2) is 36.3 Å². The molecule has 2 aliphatic carbocycles. The SMILES string of the molecule is CCCc1nc(C2CC2)c(C(=O)NCC)n1Cc1c2ccocc-2c(Br)c1-c1ccccc1C(=O)NS(=O)(=O)c1ccccc1. The summed E-state index contributed by atoms with van der Waals surface area (Å²) in [6.45, 7) is 4.78. The van der Waals surface area contributed by atoms with Crippen LogP contribution in [0.5, 0.6) is 0 Å². The molecule has 3 aromatic rings. The van der Waals surface area contributed by atoms with Crippen molar-refractivity contribution in [2.45, 2.75) is 56.9 Å². The number of nitrogens with one attached hydrogen (secondary N) is 2. The lowest BCUT2D eigenvalue weighted by molar-refractivity contribution is 0.0943. The van der Waals surface area contributed by atoms with Crippen LogP contribution in [0.25, 0.3) is 22.3 Å². The minimum absolute atomic E-state index is 0.00808. The fraction of sp³-hybridized carbons (Fsp3) is 0.265. The van der Waals surface area contributed by atoms with Gasteiger partial charge in [0.05, 0.1) is 29.7 Å². The van der Waals surface area contributed by atoms with Gasteiger partial charge in [-0.2, -0.15) is 0 Å². The molecule has 0 bridgehead atoms. The first-order chi connectivity index (χ1) is 21.7. The second-order valence-corrected chi connectivity index (χ2v) is 13.6. The van der Waals surface area contributed by atoms with Crippen LogP contribution in [0, 0.1) is 0 Å². The Kier molecular flexibility index (Phi) is 8.65. The standard InChI is InChI=1S/C34H33BrN4O5S/c1-3-10-28-37-31(21-15-16-21)32(34(41)36-4-2)39(28)19-26-23-17-18-44-20-27(23)30(35)29(26)24-13-8-9-14-25(24)33(40)38-45(42,43)22-11-6-5-7-12-22/h5-9,11-14,17-18,20-21H,3-4,10,15-16,19H2,1-2H3,(H,36,41)(H,38,40). The van der Waals surface area contributed by atoms with Crippen LogP contribution in [-0.2, 0) is 23.0 Å². The third kappa shape index (κ3) is 5.94. The molecule has 2 N–H and O–H groups in total. The van der Waals surface area contributed by atoms with Gasteiger partial charge >= 0.3 is 0 Å². The van der Waals surface area contributed by atoms with Crippen molar-refractivity contribution < 1.29 is 22.4 Å². The molecular formula is C34H33BrN4O5S. The van der Waals surface area contributed by atoms with Crippen LogP contribution < -0.4 is 10.0 Å². The first-order valence-corrected chi connectivity index (χ1v) is 17.3. The summed E-state index contributed by atoms with van der Waals surface area (Å²) in [4.78, 5) is 32.2. The number of fused-ring (bicyclic) bond motifs is 1. The largest absolute Gasteiger partial charge is 0.472 e. The number of halogens is 1. The lowest BCUT2D eigenvalue weighted by Gasteiger charge is -2.16. The molecule has 1 aliphatic heterocycles.